The van der Waals surface area contributed by atoms with Crippen LogP contribution in [0.25, 0.3) is 10.9 Å². The lowest BCUT2D eigenvalue weighted by atomic mass is 10.0. The fourth-order valence-corrected chi connectivity index (χ4v) is 5.75. The number of carbonyl (C=O) groups excluding carboxylic acids is 4. The van der Waals surface area contributed by atoms with Gasteiger partial charge >= 0.3 is 6.09 Å². The number of hydrogen-bond donors (Lipinski definition) is 1. The van der Waals surface area contributed by atoms with Crippen LogP contribution in [0.5, 0.6) is 5.75 Å². The van der Waals surface area contributed by atoms with E-state index in [1.165, 1.54) is 18.2 Å². The molecule has 2 fully saturated rings. The van der Waals surface area contributed by atoms with Crippen LogP contribution in [-0.2, 0) is 14.3 Å². The molecule has 1 unspecified atom stereocenters. The zero-order valence-corrected chi connectivity index (χ0v) is 26.3. The second-order valence-corrected chi connectivity index (χ2v) is 11.6. The first-order valence-corrected chi connectivity index (χ1v) is 15.8. The topological polar surface area (TPSA) is 121 Å². The van der Waals surface area contributed by atoms with Gasteiger partial charge in [0.15, 0.2) is 6.61 Å². The highest BCUT2D eigenvalue weighted by molar-refractivity contribution is 5.98. The number of benzene rings is 2. The van der Waals surface area contributed by atoms with Gasteiger partial charge in [-0.2, -0.15) is 0 Å². The number of amides is 4. The molecule has 0 saturated carbocycles. The van der Waals surface area contributed by atoms with Crippen LogP contribution in [0.3, 0.4) is 0 Å². The van der Waals surface area contributed by atoms with Crippen LogP contribution in [0.1, 0.15) is 60.3 Å². The molecule has 244 valence electrons. The van der Waals surface area contributed by atoms with Gasteiger partial charge in [0.2, 0.25) is 5.91 Å². The predicted octanol–water partition coefficient (Wildman–Crippen LogP) is 4.24. The Morgan fingerprint density at radius 3 is 2.43 bits per heavy atom. The number of carbonyl (C=O) groups is 4. The lowest BCUT2D eigenvalue weighted by Gasteiger charge is -2.34. The number of halogens is 1. The van der Waals surface area contributed by atoms with Gasteiger partial charge in [-0.3, -0.25) is 14.4 Å². The summed E-state index contributed by atoms with van der Waals surface area (Å²) < 4.78 is 24.7. The van der Waals surface area contributed by atoms with Crippen molar-refractivity contribution in [1.82, 2.24) is 25.0 Å². The first-order chi connectivity index (χ1) is 22.2. The van der Waals surface area contributed by atoms with E-state index >= 15 is 0 Å². The maximum atomic E-state index is 13.5. The van der Waals surface area contributed by atoms with Crippen LogP contribution in [0.15, 0.2) is 48.5 Å². The minimum absolute atomic E-state index is 0.0540. The standard InChI is InChI=1S/C34H40FN5O6/c1-3-4-18-45-34(44)39-16-14-38(15-17-39)31(41)21-36-33(43)28-20-30(26-12-7-23(2)19-27(26)37-28)46-22-32(42)40-13-5-6-29(40)24-8-10-25(35)11-9-24/h7-12,19-20,29H,3-6,13-18,21-22H2,1-2H3,(H,36,43). The summed E-state index contributed by atoms with van der Waals surface area (Å²) in [6.07, 6.45) is 2.97. The highest BCUT2D eigenvalue weighted by Crippen LogP contribution is 2.33. The molecular formula is C34H40FN5O6. The molecular weight excluding hydrogens is 593 g/mol. The van der Waals surface area contributed by atoms with Gasteiger partial charge in [-0.15, -0.1) is 0 Å². The predicted molar refractivity (Wildman–Crippen MR) is 169 cm³/mol. The van der Waals surface area contributed by atoms with Gasteiger partial charge in [0.25, 0.3) is 11.8 Å². The summed E-state index contributed by atoms with van der Waals surface area (Å²) >= 11 is 0. The minimum atomic E-state index is -0.554. The smallest absolute Gasteiger partial charge is 0.409 e. The maximum Gasteiger partial charge on any atom is 0.409 e. The molecule has 5 rings (SSSR count). The number of piperazine rings is 1. The molecule has 2 aliphatic heterocycles. The average molecular weight is 634 g/mol. The monoisotopic (exact) mass is 633 g/mol. The number of fused-ring (bicyclic) bond motifs is 1. The zero-order valence-electron chi connectivity index (χ0n) is 26.3. The first-order valence-electron chi connectivity index (χ1n) is 15.8. The minimum Gasteiger partial charge on any atom is -0.483 e. The first kappa shape index (κ1) is 32.6. The number of ether oxygens (including phenoxy) is 2. The highest BCUT2D eigenvalue weighted by Gasteiger charge is 2.30. The third kappa shape index (κ3) is 7.91. The summed E-state index contributed by atoms with van der Waals surface area (Å²) in [5, 5.41) is 3.30. The molecule has 4 amide bonds. The Morgan fingerprint density at radius 2 is 1.70 bits per heavy atom. The number of aryl methyl sites for hydroxylation is 1. The lowest BCUT2D eigenvalue weighted by molar-refractivity contribution is -0.134. The molecule has 2 aliphatic rings. The lowest BCUT2D eigenvalue weighted by Crippen LogP contribution is -2.52. The van der Waals surface area contributed by atoms with Crippen molar-refractivity contribution < 1.29 is 33.0 Å². The fourth-order valence-electron chi connectivity index (χ4n) is 5.75. The SMILES string of the molecule is CCCCOC(=O)N1CCN(C(=O)CNC(=O)c2cc(OCC(=O)N3CCCC3c3ccc(F)cc3)c3ccc(C)cc3n2)CC1. The van der Waals surface area contributed by atoms with Crippen LogP contribution in [0, 0.1) is 12.7 Å². The van der Waals surface area contributed by atoms with E-state index in [1.54, 1.807) is 26.8 Å². The molecule has 1 N–H and O–H groups in total. The molecule has 46 heavy (non-hydrogen) atoms. The maximum absolute atomic E-state index is 13.5. The van der Waals surface area contributed by atoms with Crippen molar-refractivity contribution in [2.24, 2.45) is 0 Å². The average Bonchev–Trinajstić information content (AvgIpc) is 3.56. The Hall–Kier alpha value is -4.74. The second-order valence-electron chi connectivity index (χ2n) is 11.6. The Labute approximate surface area is 267 Å². The third-order valence-corrected chi connectivity index (χ3v) is 8.35. The number of pyridine rings is 1. The highest BCUT2D eigenvalue weighted by atomic mass is 19.1. The summed E-state index contributed by atoms with van der Waals surface area (Å²) in [4.78, 5) is 61.0. The Bertz CT molecular complexity index is 1570. The van der Waals surface area contributed by atoms with Crippen molar-refractivity contribution in [1.29, 1.82) is 0 Å². The Morgan fingerprint density at radius 1 is 0.957 bits per heavy atom. The zero-order chi connectivity index (χ0) is 32.6. The number of nitrogens with one attached hydrogen (secondary N) is 1. The van der Waals surface area contributed by atoms with E-state index < -0.39 is 5.91 Å². The van der Waals surface area contributed by atoms with E-state index in [9.17, 15) is 23.6 Å². The van der Waals surface area contributed by atoms with Gasteiger partial charge in [-0.05, 0) is 61.6 Å². The van der Waals surface area contributed by atoms with Crippen LogP contribution < -0.4 is 10.1 Å². The van der Waals surface area contributed by atoms with E-state index in [0.29, 0.717) is 56.0 Å². The summed E-state index contributed by atoms with van der Waals surface area (Å²) in [6.45, 7) is 5.80. The van der Waals surface area contributed by atoms with Crippen molar-refractivity contribution in [3.8, 4) is 5.75 Å². The van der Waals surface area contributed by atoms with Gasteiger partial charge in [0.1, 0.15) is 17.3 Å². The molecule has 2 saturated heterocycles. The molecule has 12 heteroatoms. The quantitative estimate of drug-likeness (QED) is 0.332. The summed E-state index contributed by atoms with van der Waals surface area (Å²) in [5.74, 6) is -1.04. The van der Waals surface area contributed by atoms with Crippen LogP contribution >= 0.6 is 0 Å². The van der Waals surface area contributed by atoms with E-state index in [4.69, 9.17) is 9.47 Å². The normalized spacial score (nSPS) is 16.4. The van der Waals surface area contributed by atoms with Gasteiger partial charge in [0, 0.05) is 44.2 Å². The molecule has 1 aromatic heterocycles. The Balaban J connectivity index is 1.20. The van der Waals surface area contributed by atoms with Crippen molar-refractivity contribution in [3.05, 3.63) is 71.2 Å². The van der Waals surface area contributed by atoms with Crippen molar-refractivity contribution in [2.45, 2.75) is 45.6 Å². The number of nitrogens with zero attached hydrogens (tertiary/aromatic N) is 4. The fraction of sp³-hybridized carbons (Fsp3) is 0.441. The van der Waals surface area contributed by atoms with E-state index in [2.05, 4.69) is 10.3 Å². The Kier molecular flexibility index (Phi) is 10.7. The molecule has 0 spiro atoms. The van der Waals surface area contributed by atoms with Gasteiger partial charge in [-0.1, -0.05) is 31.5 Å². The van der Waals surface area contributed by atoms with Gasteiger partial charge in [0.05, 0.1) is 24.7 Å². The van der Waals surface area contributed by atoms with Crippen LogP contribution in [0.2, 0.25) is 0 Å². The summed E-state index contributed by atoms with van der Waals surface area (Å²) in [6, 6.07) is 13.1. The molecule has 3 heterocycles. The molecule has 0 radical (unpaired) electrons. The molecule has 0 aliphatic carbocycles. The largest absolute Gasteiger partial charge is 0.483 e. The van der Waals surface area contributed by atoms with Gasteiger partial charge in [-0.25, -0.2) is 14.2 Å². The number of aromatic nitrogens is 1. The van der Waals surface area contributed by atoms with E-state index in [1.807, 2.05) is 32.0 Å². The van der Waals surface area contributed by atoms with Crippen molar-refractivity contribution in [3.63, 3.8) is 0 Å². The molecule has 2 aromatic carbocycles. The molecule has 0 bridgehead atoms. The van der Waals surface area contributed by atoms with Gasteiger partial charge < -0.3 is 29.5 Å². The van der Waals surface area contributed by atoms with Crippen LogP contribution in [-0.4, -0.2) is 96.0 Å². The number of unbranched alkanes of at least 4 members (excludes halogenated alkanes) is 1. The number of rotatable bonds is 10. The molecule has 11 nitrogen and oxygen atoms in total. The third-order valence-electron chi connectivity index (χ3n) is 8.35. The van der Waals surface area contributed by atoms with Crippen LogP contribution in [0.4, 0.5) is 9.18 Å². The van der Waals surface area contributed by atoms with E-state index in [0.717, 1.165) is 36.8 Å². The van der Waals surface area contributed by atoms with Crippen molar-refractivity contribution in [2.75, 3.05) is 52.5 Å². The van der Waals surface area contributed by atoms with Crippen molar-refractivity contribution >= 4 is 34.7 Å². The summed E-state index contributed by atoms with van der Waals surface area (Å²) in [5.41, 5.74) is 2.38. The summed E-state index contributed by atoms with van der Waals surface area (Å²) in [7, 11) is 0. The van der Waals surface area contributed by atoms with E-state index in [-0.39, 0.29) is 48.6 Å². The molecule has 3 aromatic rings. The number of hydrogen-bond acceptors (Lipinski definition) is 7. The number of likely N-dealkylation sites (tertiary alicyclic amines) is 1. The second kappa shape index (κ2) is 15.0. The molecule has 1 atom stereocenters.